The fourth-order valence-electron chi connectivity index (χ4n) is 2.06. The van der Waals surface area contributed by atoms with Crippen molar-refractivity contribution >= 4 is 11.6 Å². The molecular formula is C14H20N2O3. The van der Waals surface area contributed by atoms with Gasteiger partial charge in [-0.05, 0) is 31.9 Å². The number of rotatable bonds is 5. The lowest BCUT2D eigenvalue weighted by Gasteiger charge is -2.22. The number of nitrogens with two attached hydrogens (primary N) is 1. The molecule has 19 heavy (non-hydrogen) atoms. The zero-order chi connectivity index (χ0) is 13.7. The summed E-state index contributed by atoms with van der Waals surface area (Å²) in [5, 5.41) is 2.87. The van der Waals surface area contributed by atoms with E-state index in [1.807, 2.05) is 25.1 Å². The van der Waals surface area contributed by atoms with Gasteiger partial charge in [-0.15, -0.1) is 0 Å². The first-order valence-electron chi connectivity index (χ1n) is 6.52. The van der Waals surface area contributed by atoms with E-state index in [9.17, 15) is 4.79 Å². The summed E-state index contributed by atoms with van der Waals surface area (Å²) in [5.74, 6) is 0.585. The average molecular weight is 264 g/mol. The highest BCUT2D eigenvalue weighted by Gasteiger charge is 2.37. The molecule has 0 aliphatic carbocycles. The predicted molar refractivity (Wildman–Crippen MR) is 73.2 cm³/mol. The topological polar surface area (TPSA) is 73.6 Å². The van der Waals surface area contributed by atoms with Gasteiger partial charge >= 0.3 is 0 Å². The second kappa shape index (κ2) is 6.04. The minimum absolute atomic E-state index is 0.110. The third-order valence-electron chi connectivity index (χ3n) is 3.18. The van der Waals surface area contributed by atoms with Crippen LogP contribution in [0.5, 0.6) is 5.75 Å². The van der Waals surface area contributed by atoms with Gasteiger partial charge in [0.1, 0.15) is 18.0 Å². The van der Waals surface area contributed by atoms with E-state index in [1.165, 1.54) is 0 Å². The minimum Gasteiger partial charge on any atom is -0.492 e. The summed E-state index contributed by atoms with van der Waals surface area (Å²) in [5.41, 5.74) is 5.37. The van der Waals surface area contributed by atoms with E-state index in [0.29, 0.717) is 31.2 Å². The Hall–Kier alpha value is -1.59. The van der Waals surface area contributed by atoms with Crippen molar-refractivity contribution in [2.24, 2.45) is 5.73 Å². The van der Waals surface area contributed by atoms with E-state index in [0.717, 1.165) is 12.8 Å². The molecule has 2 rings (SSSR count). The molecule has 1 fully saturated rings. The zero-order valence-corrected chi connectivity index (χ0v) is 11.1. The molecule has 0 aromatic heterocycles. The Morgan fingerprint density at radius 1 is 1.58 bits per heavy atom. The van der Waals surface area contributed by atoms with Gasteiger partial charge in [-0.25, -0.2) is 0 Å². The summed E-state index contributed by atoms with van der Waals surface area (Å²) >= 11 is 0. The van der Waals surface area contributed by atoms with Gasteiger partial charge in [0, 0.05) is 24.9 Å². The maximum atomic E-state index is 12.2. The van der Waals surface area contributed by atoms with Crippen molar-refractivity contribution in [3.8, 4) is 5.75 Å². The third kappa shape index (κ3) is 3.45. The molecule has 1 aliphatic rings. The van der Waals surface area contributed by atoms with E-state index in [1.54, 1.807) is 6.07 Å². The Bertz CT molecular complexity index is 442. The number of ether oxygens (including phenoxy) is 2. The Labute approximate surface area is 113 Å². The van der Waals surface area contributed by atoms with Crippen molar-refractivity contribution in [1.82, 2.24) is 0 Å². The second-order valence-corrected chi connectivity index (χ2v) is 4.80. The smallest absolute Gasteiger partial charge is 0.256 e. The quantitative estimate of drug-likeness (QED) is 0.846. The Morgan fingerprint density at radius 3 is 3.11 bits per heavy atom. The van der Waals surface area contributed by atoms with Crippen molar-refractivity contribution in [3.05, 3.63) is 24.3 Å². The van der Waals surface area contributed by atoms with Crippen LogP contribution in [-0.4, -0.2) is 31.3 Å². The summed E-state index contributed by atoms with van der Waals surface area (Å²) in [6, 6.07) is 7.27. The van der Waals surface area contributed by atoms with Gasteiger partial charge in [0.2, 0.25) is 0 Å². The standard InChI is InChI=1S/C14H20N2O3/c1-14(6-3-8-19-14)13(17)16-11-4-2-5-12(10-11)18-9-7-15/h2,4-5,10H,3,6-9,15H2,1H3,(H,16,17). The molecule has 5 nitrogen and oxygen atoms in total. The lowest BCUT2D eigenvalue weighted by molar-refractivity contribution is -0.133. The number of carbonyl (C=O) groups is 1. The molecule has 104 valence electrons. The van der Waals surface area contributed by atoms with Crippen LogP contribution >= 0.6 is 0 Å². The molecular weight excluding hydrogens is 244 g/mol. The molecule has 5 heteroatoms. The first-order valence-corrected chi connectivity index (χ1v) is 6.52. The zero-order valence-electron chi connectivity index (χ0n) is 11.1. The molecule has 1 heterocycles. The summed E-state index contributed by atoms with van der Waals surface area (Å²) < 4.78 is 10.9. The molecule has 1 amide bonds. The molecule has 1 aromatic rings. The van der Waals surface area contributed by atoms with Crippen LogP contribution in [0.25, 0.3) is 0 Å². The van der Waals surface area contributed by atoms with Gasteiger partial charge in [-0.2, -0.15) is 0 Å². The van der Waals surface area contributed by atoms with Crippen LogP contribution < -0.4 is 15.8 Å². The summed E-state index contributed by atoms with van der Waals surface area (Å²) in [4.78, 5) is 12.2. The van der Waals surface area contributed by atoms with E-state index < -0.39 is 5.60 Å². The van der Waals surface area contributed by atoms with E-state index in [2.05, 4.69) is 5.32 Å². The molecule has 0 bridgehead atoms. The minimum atomic E-state index is -0.714. The summed E-state index contributed by atoms with van der Waals surface area (Å²) in [6.45, 7) is 3.38. The average Bonchev–Trinajstić information content (AvgIpc) is 2.85. The Kier molecular flexibility index (Phi) is 4.39. The Morgan fingerprint density at radius 2 is 2.42 bits per heavy atom. The van der Waals surface area contributed by atoms with Crippen molar-refractivity contribution in [2.45, 2.75) is 25.4 Å². The molecule has 3 N–H and O–H groups in total. The van der Waals surface area contributed by atoms with Crippen LogP contribution in [0.3, 0.4) is 0 Å². The van der Waals surface area contributed by atoms with Crippen LogP contribution in [-0.2, 0) is 9.53 Å². The highest BCUT2D eigenvalue weighted by atomic mass is 16.5. The van der Waals surface area contributed by atoms with Gasteiger partial charge in [0.15, 0.2) is 0 Å². The fraction of sp³-hybridized carbons (Fsp3) is 0.500. The van der Waals surface area contributed by atoms with Crippen molar-refractivity contribution in [3.63, 3.8) is 0 Å². The number of hydrogen-bond acceptors (Lipinski definition) is 4. The number of hydrogen-bond donors (Lipinski definition) is 2. The highest BCUT2D eigenvalue weighted by Crippen LogP contribution is 2.27. The summed E-state index contributed by atoms with van der Waals surface area (Å²) in [7, 11) is 0. The maximum Gasteiger partial charge on any atom is 0.256 e. The predicted octanol–water partition coefficient (Wildman–Crippen LogP) is 1.53. The first-order chi connectivity index (χ1) is 9.14. The number of benzene rings is 1. The van der Waals surface area contributed by atoms with Crippen molar-refractivity contribution < 1.29 is 14.3 Å². The second-order valence-electron chi connectivity index (χ2n) is 4.80. The molecule has 1 aliphatic heterocycles. The van der Waals surface area contributed by atoms with Crippen LogP contribution in [0.1, 0.15) is 19.8 Å². The van der Waals surface area contributed by atoms with Crippen LogP contribution in [0.4, 0.5) is 5.69 Å². The lowest BCUT2D eigenvalue weighted by Crippen LogP contribution is -2.39. The molecule has 0 spiro atoms. The normalized spacial score (nSPS) is 22.2. The molecule has 1 atom stereocenters. The van der Waals surface area contributed by atoms with Crippen LogP contribution in [0, 0.1) is 0 Å². The first kappa shape index (κ1) is 13.8. The van der Waals surface area contributed by atoms with Crippen molar-refractivity contribution in [1.29, 1.82) is 0 Å². The number of carbonyl (C=O) groups excluding carboxylic acids is 1. The number of nitrogens with one attached hydrogen (secondary N) is 1. The van der Waals surface area contributed by atoms with Crippen LogP contribution in [0.15, 0.2) is 24.3 Å². The number of amides is 1. The molecule has 1 saturated heterocycles. The highest BCUT2D eigenvalue weighted by molar-refractivity contribution is 5.97. The third-order valence-corrected chi connectivity index (χ3v) is 3.18. The van der Waals surface area contributed by atoms with Gasteiger partial charge in [-0.1, -0.05) is 6.07 Å². The number of anilines is 1. The molecule has 1 unspecified atom stereocenters. The molecule has 0 radical (unpaired) electrons. The summed E-state index contributed by atoms with van der Waals surface area (Å²) in [6.07, 6.45) is 1.67. The largest absolute Gasteiger partial charge is 0.492 e. The van der Waals surface area contributed by atoms with Crippen molar-refractivity contribution in [2.75, 3.05) is 25.1 Å². The van der Waals surface area contributed by atoms with Gasteiger partial charge < -0.3 is 20.5 Å². The van der Waals surface area contributed by atoms with Gasteiger partial charge in [-0.3, -0.25) is 4.79 Å². The monoisotopic (exact) mass is 264 g/mol. The van der Waals surface area contributed by atoms with Gasteiger partial charge in [0.05, 0.1) is 0 Å². The SMILES string of the molecule is CC1(C(=O)Nc2cccc(OCCN)c2)CCCO1. The Balaban J connectivity index is 2.00. The van der Waals surface area contributed by atoms with E-state index in [-0.39, 0.29) is 5.91 Å². The van der Waals surface area contributed by atoms with E-state index in [4.69, 9.17) is 15.2 Å². The van der Waals surface area contributed by atoms with Gasteiger partial charge in [0.25, 0.3) is 5.91 Å². The lowest BCUT2D eigenvalue weighted by atomic mass is 10.0. The maximum absolute atomic E-state index is 12.2. The molecule has 0 saturated carbocycles. The van der Waals surface area contributed by atoms with Crippen LogP contribution in [0.2, 0.25) is 0 Å². The van der Waals surface area contributed by atoms with E-state index >= 15 is 0 Å². The fourth-order valence-corrected chi connectivity index (χ4v) is 2.06. The molecule has 1 aromatic carbocycles.